The van der Waals surface area contributed by atoms with Crippen molar-refractivity contribution in [2.45, 2.75) is 79.4 Å². The van der Waals surface area contributed by atoms with E-state index in [4.69, 9.17) is 0 Å². The van der Waals surface area contributed by atoms with Crippen molar-refractivity contribution in [3.8, 4) is 0 Å². The maximum absolute atomic E-state index is 4.68. The molecule has 0 atom stereocenters. The fraction of sp³-hybridized carbons (Fsp3) is 0.824. The van der Waals surface area contributed by atoms with Gasteiger partial charge >= 0.3 is 0 Å². The lowest BCUT2D eigenvalue weighted by Gasteiger charge is -2.49. The summed E-state index contributed by atoms with van der Waals surface area (Å²) in [4.78, 5) is 7.29. The van der Waals surface area contributed by atoms with Gasteiger partial charge in [-0.3, -0.25) is 4.90 Å². The number of aromatic nitrogens is 2. The predicted octanol–water partition coefficient (Wildman–Crippen LogP) is 3.82. The summed E-state index contributed by atoms with van der Waals surface area (Å²) in [6, 6.07) is 0. The minimum Gasteiger partial charge on any atom is -0.329 e. The van der Waals surface area contributed by atoms with Gasteiger partial charge in [0.1, 0.15) is 5.82 Å². The van der Waals surface area contributed by atoms with E-state index in [9.17, 15) is 0 Å². The van der Waals surface area contributed by atoms with Gasteiger partial charge in [0.15, 0.2) is 0 Å². The van der Waals surface area contributed by atoms with Crippen LogP contribution in [-0.4, -0.2) is 26.5 Å². The zero-order valence-electron chi connectivity index (χ0n) is 14.5. The standard InChI is InChI=1S/C17H31N3/c1-15(2,3)14-18-11-13-12-19(9-10-20(13)14)17(7,8)16(4,5)6/h11H,9-10,12H2,1-8H3. The lowest BCUT2D eigenvalue weighted by molar-refractivity contribution is 0.00165. The molecule has 0 aromatic carbocycles. The Labute approximate surface area is 124 Å². The molecule has 0 saturated carbocycles. The predicted molar refractivity (Wildman–Crippen MR) is 84.9 cm³/mol. The molecule has 1 aliphatic heterocycles. The molecule has 1 aliphatic rings. The van der Waals surface area contributed by atoms with E-state index in [1.807, 2.05) is 0 Å². The zero-order valence-corrected chi connectivity index (χ0v) is 14.5. The van der Waals surface area contributed by atoms with Crippen molar-refractivity contribution in [3.63, 3.8) is 0 Å². The molecule has 0 spiro atoms. The monoisotopic (exact) mass is 277 g/mol. The van der Waals surface area contributed by atoms with E-state index in [-0.39, 0.29) is 16.4 Å². The van der Waals surface area contributed by atoms with Gasteiger partial charge in [0.2, 0.25) is 0 Å². The molecular weight excluding hydrogens is 246 g/mol. The highest BCUT2D eigenvalue weighted by molar-refractivity contribution is 5.15. The van der Waals surface area contributed by atoms with Crippen LogP contribution in [0.2, 0.25) is 0 Å². The molecule has 2 heterocycles. The minimum atomic E-state index is 0.125. The summed E-state index contributed by atoms with van der Waals surface area (Å²) in [5, 5.41) is 0. The summed E-state index contributed by atoms with van der Waals surface area (Å²) in [5.41, 5.74) is 1.94. The van der Waals surface area contributed by atoms with Gasteiger partial charge < -0.3 is 4.57 Å². The van der Waals surface area contributed by atoms with Crippen molar-refractivity contribution in [2.75, 3.05) is 6.54 Å². The molecule has 0 unspecified atom stereocenters. The number of fused-ring (bicyclic) bond motifs is 1. The molecule has 0 radical (unpaired) electrons. The van der Waals surface area contributed by atoms with Crippen LogP contribution in [0.4, 0.5) is 0 Å². The third-order valence-electron chi connectivity index (χ3n) is 5.18. The normalized spacial score (nSPS) is 18.2. The van der Waals surface area contributed by atoms with Crippen molar-refractivity contribution in [2.24, 2.45) is 5.41 Å². The van der Waals surface area contributed by atoms with Gasteiger partial charge in [0, 0.05) is 36.8 Å². The summed E-state index contributed by atoms with van der Waals surface area (Å²) in [7, 11) is 0. The van der Waals surface area contributed by atoms with E-state index in [1.54, 1.807) is 0 Å². The van der Waals surface area contributed by atoms with Crippen LogP contribution in [0.15, 0.2) is 6.20 Å². The molecule has 1 aromatic heterocycles. The molecule has 0 amide bonds. The Bertz CT molecular complexity index is 483. The first-order valence-electron chi connectivity index (χ1n) is 7.74. The Morgan fingerprint density at radius 3 is 2.05 bits per heavy atom. The highest BCUT2D eigenvalue weighted by Gasteiger charge is 2.40. The lowest BCUT2D eigenvalue weighted by atomic mass is 9.74. The summed E-state index contributed by atoms with van der Waals surface area (Å²) < 4.78 is 2.43. The molecule has 114 valence electrons. The Hall–Kier alpha value is -0.830. The Morgan fingerprint density at radius 1 is 0.950 bits per heavy atom. The van der Waals surface area contributed by atoms with Crippen LogP contribution in [0, 0.1) is 5.41 Å². The quantitative estimate of drug-likeness (QED) is 0.778. The van der Waals surface area contributed by atoms with Gasteiger partial charge in [-0.15, -0.1) is 0 Å². The molecule has 3 nitrogen and oxygen atoms in total. The Kier molecular flexibility index (Phi) is 3.57. The van der Waals surface area contributed by atoms with Crippen LogP contribution >= 0.6 is 0 Å². The average Bonchev–Trinajstić information content (AvgIpc) is 2.69. The topological polar surface area (TPSA) is 21.1 Å². The third kappa shape index (κ3) is 2.52. The smallest absolute Gasteiger partial charge is 0.114 e. The first-order chi connectivity index (χ1) is 8.94. The van der Waals surface area contributed by atoms with Gasteiger partial charge in [0.05, 0.1) is 5.69 Å². The van der Waals surface area contributed by atoms with E-state index in [1.165, 1.54) is 11.5 Å². The second-order valence-electron chi connectivity index (χ2n) is 8.71. The first kappa shape index (κ1) is 15.6. The summed E-state index contributed by atoms with van der Waals surface area (Å²) in [5.74, 6) is 1.22. The van der Waals surface area contributed by atoms with Gasteiger partial charge in [-0.25, -0.2) is 4.98 Å². The zero-order chi connectivity index (χ0) is 15.3. The van der Waals surface area contributed by atoms with Gasteiger partial charge in [-0.1, -0.05) is 41.5 Å². The summed E-state index contributed by atoms with van der Waals surface area (Å²) in [6.07, 6.45) is 2.07. The van der Waals surface area contributed by atoms with Crippen molar-refractivity contribution in [1.29, 1.82) is 0 Å². The molecule has 1 aromatic rings. The van der Waals surface area contributed by atoms with Gasteiger partial charge in [-0.05, 0) is 19.3 Å². The summed E-state index contributed by atoms with van der Waals surface area (Å²) >= 11 is 0. The maximum atomic E-state index is 4.68. The first-order valence-corrected chi connectivity index (χ1v) is 7.74. The number of hydrogen-bond donors (Lipinski definition) is 0. The minimum absolute atomic E-state index is 0.125. The highest BCUT2D eigenvalue weighted by Crippen LogP contribution is 2.37. The maximum Gasteiger partial charge on any atom is 0.114 e. The van der Waals surface area contributed by atoms with Crippen molar-refractivity contribution in [3.05, 3.63) is 17.7 Å². The molecular formula is C17H31N3. The van der Waals surface area contributed by atoms with E-state index in [0.717, 1.165) is 19.6 Å². The van der Waals surface area contributed by atoms with Crippen molar-refractivity contribution < 1.29 is 0 Å². The second-order valence-corrected chi connectivity index (χ2v) is 8.71. The van der Waals surface area contributed by atoms with Crippen LogP contribution in [0.3, 0.4) is 0 Å². The van der Waals surface area contributed by atoms with Crippen LogP contribution < -0.4 is 0 Å². The SMILES string of the molecule is CC(C)(C)c1ncc2n1CCN(C(C)(C)C(C)(C)C)C2. The van der Waals surface area contributed by atoms with Crippen LogP contribution in [0.25, 0.3) is 0 Å². The number of nitrogens with zero attached hydrogens (tertiary/aromatic N) is 3. The number of imidazole rings is 1. The van der Waals surface area contributed by atoms with Crippen molar-refractivity contribution in [1.82, 2.24) is 14.5 Å². The van der Waals surface area contributed by atoms with Crippen molar-refractivity contribution >= 4 is 0 Å². The van der Waals surface area contributed by atoms with Crippen LogP contribution in [0.5, 0.6) is 0 Å². The number of hydrogen-bond acceptors (Lipinski definition) is 2. The molecule has 2 rings (SSSR count). The van der Waals surface area contributed by atoms with Gasteiger partial charge in [-0.2, -0.15) is 0 Å². The Morgan fingerprint density at radius 2 is 1.55 bits per heavy atom. The fourth-order valence-corrected chi connectivity index (χ4v) is 2.83. The fourth-order valence-electron chi connectivity index (χ4n) is 2.83. The Balaban J connectivity index is 2.28. The number of rotatable bonds is 1. The average molecular weight is 277 g/mol. The molecule has 3 heteroatoms. The molecule has 20 heavy (non-hydrogen) atoms. The molecule has 0 saturated heterocycles. The second kappa shape index (κ2) is 4.59. The molecule has 0 N–H and O–H groups in total. The van der Waals surface area contributed by atoms with Crippen LogP contribution in [0.1, 0.15) is 66.9 Å². The van der Waals surface area contributed by atoms with E-state index >= 15 is 0 Å². The van der Waals surface area contributed by atoms with Gasteiger partial charge in [0.25, 0.3) is 0 Å². The van der Waals surface area contributed by atoms with E-state index < -0.39 is 0 Å². The molecule has 0 bridgehead atoms. The largest absolute Gasteiger partial charge is 0.329 e. The van der Waals surface area contributed by atoms with Crippen LogP contribution in [-0.2, 0) is 18.5 Å². The molecule has 0 fully saturated rings. The lowest BCUT2D eigenvalue weighted by Crippen LogP contribution is -2.55. The third-order valence-corrected chi connectivity index (χ3v) is 5.18. The van der Waals surface area contributed by atoms with E-state index in [2.05, 4.69) is 76.0 Å². The van der Waals surface area contributed by atoms with E-state index in [0.29, 0.717) is 0 Å². The highest BCUT2D eigenvalue weighted by atomic mass is 15.3. The summed E-state index contributed by atoms with van der Waals surface area (Å²) in [6.45, 7) is 21.6. The molecule has 0 aliphatic carbocycles.